The molecule has 8 nitrogen and oxygen atoms in total. The molecular weight excluding hydrogens is 480 g/mol. The zero-order valence-corrected chi connectivity index (χ0v) is 24.7. The first-order valence-electron chi connectivity index (χ1n) is 14.2. The van der Waals surface area contributed by atoms with Gasteiger partial charge >= 0.3 is 22.2 Å². The van der Waals surface area contributed by atoms with E-state index in [1.807, 2.05) is 0 Å². The van der Waals surface area contributed by atoms with Crippen LogP contribution in [0.25, 0.3) is 0 Å². The molecule has 36 heavy (non-hydrogen) atoms. The first kappa shape index (κ1) is 35.1. The van der Waals surface area contributed by atoms with Crippen molar-refractivity contribution in [3.05, 3.63) is 0 Å². The molecule has 1 fully saturated rings. The maximum Gasteiger partial charge on any atom is 0.397 e. The predicted molar refractivity (Wildman–Crippen MR) is 146 cm³/mol. The third-order valence-corrected chi connectivity index (χ3v) is 7.40. The summed E-state index contributed by atoms with van der Waals surface area (Å²) in [5.41, 5.74) is 0. The number of rotatable bonds is 20. The van der Waals surface area contributed by atoms with Crippen LogP contribution in [0.2, 0.25) is 0 Å². The SMILES string of the molecule is CCCCCCCCCCCCCCCC[N+]1(CCC[N+](C)(C)C)C(=O)CCC1=O.COS(=O)(=O)O. The third kappa shape index (κ3) is 17.6. The van der Waals surface area contributed by atoms with Crippen molar-refractivity contribution in [2.45, 2.75) is 116 Å². The summed E-state index contributed by atoms with van der Waals surface area (Å²) in [6, 6.07) is 0. The van der Waals surface area contributed by atoms with Crippen molar-refractivity contribution in [3.63, 3.8) is 0 Å². The molecule has 0 unspecified atom stereocenters. The van der Waals surface area contributed by atoms with Crippen molar-refractivity contribution >= 4 is 22.2 Å². The molecule has 0 aliphatic carbocycles. The number of carbonyl (C=O) groups is 2. The third-order valence-electron chi connectivity index (χ3n) is 6.98. The maximum absolute atomic E-state index is 12.6. The second kappa shape index (κ2) is 19.2. The molecule has 1 aliphatic heterocycles. The van der Waals surface area contributed by atoms with Crippen LogP contribution in [0.4, 0.5) is 0 Å². The minimum Gasteiger partial charge on any atom is -0.331 e. The van der Waals surface area contributed by atoms with Crippen LogP contribution in [-0.2, 0) is 24.2 Å². The molecule has 9 heteroatoms. The molecular formula is C27H56N2O6S+2. The highest BCUT2D eigenvalue weighted by Crippen LogP contribution is 2.25. The van der Waals surface area contributed by atoms with E-state index in [1.165, 1.54) is 77.0 Å². The van der Waals surface area contributed by atoms with Crippen molar-refractivity contribution in [1.29, 1.82) is 0 Å². The lowest BCUT2D eigenvalue weighted by Gasteiger charge is -2.31. The minimum atomic E-state index is -4.16. The fourth-order valence-electron chi connectivity index (χ4n) is 4.78. The van der Waals surface area contributed by atoms with Gasteiger partial charge in [-0.25, -0.2) is 9.59 Å². The highest BCUT2D eigenvalue weighted by atomic mass is 32.3. The largest absolute Gasteiger partial charge is 0.397 e. The summed E-state index contributed by atoms with van der Waals surface area (Å²) in [6.45, 7) is 4.75. The van der Waals surface area contributed by atoms with Gasteiger partial charge in [0.25, 0.3) is 0 Å². The number of likely N-dealkylation sites (tertiary alicyclic amines) is 1. The van der Waals surface area contributed by atoms with Crippen molar-refractivity contribution in [3.8, 4) is 0 Å². The molecule has 1 saturated heterocycles. The maximum atomic E-state index is 12.6. The highest BCUT2D eigenvalue weighted by molar-refractivity contribution is 7.80. The summed E-state index contributed by atoms with van der Waals surface area (Å²) < 4.78 is 30.7. The zero-order chi connectivity index (χ0) is 27.5. The van der Waals surface area contributed by atoms with Crippen molar-refractivity contribution in [2.24, 2.45) is 0 Å². The molecule has 2 amide bonds. The van der Waals surface area contributed by atoms with Crippen LogP contribution in [-0.4, -0.2) is 81.6 Å². The Morgan fingerprint density at radius 2 is 1.06 bits per heavy atom. The van der Waals surface area contributed by atoms with E-state index < -0.39 is 10.4 Å². The normalized spacial score (nSPS) is 15.7. The van der Waals surface area contributed by atoms with E-state index in [4.69, 9.17) is 4.55 Å². The molecule has 0 atom stereocenters. The summed E-state index contributed by atoms with van der Waals surface area (Å²) >= 11 is 0. The second-order valence-corrected chi connectivity index (χ2v) is 12.4. The number of hydrogen-bond donors (Lipinski definition) is 1. The lowest BCUT2D eigenvalue weighted by atomic mass is 10.0. The molecule has 0 aromatic carbocycles. The van der Waals surface area contributed by atoms with Gasteiger partial charge in [0, 0.05) is 6.42 Å². The van der Waals surface area contributed by atoms with Gasteiger partial charge in [-0.2, -0.15) is 12.9 Å². The van der Waals surface area contributed by atoms with Crippen LogP contribution < -0.4 is 0 Å². The van der Waals surface area contributed by atoms with Gasteiger partial charge in [0.2, 0.25) is 0 Å². The lowest BCUT2D eigenvalue weighted by molar-refractivity contribution is -0.874. The molecule has 1 rings (SSSR count). The van der Waals surface area contributed by atoms with Gasteiger partial charge < -0.3 is 4.48 Å². The topological polar surface area (TPSA) is 97.7 Å². The second-order valence-electron chi connectivity index (χ2n) is 11.3. The van der Waals surface area contributed by atoms with Crippen molar-refractivity contribution < 1.29 is 35.7 Å². The van der Waals surface area contributed by atoms with E-state index >= 15 is 0 Å². The summed E-state index contributed by atoms with van der Waals surface area (Å²) in [7, 11) is 3.22. The number of carbonyl (C=O) groups excluding carboxylic acids is 2. The lowest BCUT2D eigenvalue weighted by Crippen LogP contribution is -2.54. The Hall–Kier alpha value is -0.870. The van der Waals surface area contributed by atoms with Crippen molar-refractivity contribution in [1.82, 2.24) is 0 Å². The fourth-order valence-corrected chi connectivity index (χ4v) is 4.78. The molecule has 0 saturated carbocycles. The molecule has 1 N–H and O–H groups in total. The van der Waals surface area contributed by atoms with E-state index in [9.17, 15) is 18.0 Å². The van der Waals surface area contributed by atoms with E-state index in [1.54, 1.807) is 0 Å². The van der Waals surface area contributed by atoms with Crippen LogP contribution in [0.1, 0.15) is 116 Å². The number of amides is 2. The first-order chi connectivity index (χ1) is 16.9. The van der Waals surface area contributed by atoms with Gasteiger partial charge in [-0.15, -0.1) is 0 Å². The Kier molecular flexibility index (Phi) is 18.8. The van der Waals surface area contributed by atoms with E-state index in [0.29, 0.717) is 19.4 Å². The Balaban J connectivity index is 0.00000181. The molecule has 1 heterocycles. The van der Waals surface area contributed by atoms with Gasteiger partial charge in [0.1, 0.15) is 0 Å². The summed E-state index contributed by atoms with van der Waals surface area (Å²) in [5.74, 6) is 0.354. The highest BCUT2D eigenvalue weighted by Gasteiger charge is 2.48. The smallest absolute Gasteiger partial charge is 0.331 e. The molecule has 0 aromatic heterocycles. The van der Waals surface area contributed by atoms with E-state index in [0.717, 1.165) is 43.9 Å². The van der Waals surface area contributed by atoms with Gasteiger partial charge in [-0.3, -0.25) is 8.74 Å². The Bertz CT molecular complexity index is 688. The first-order valence-corrected chi connectivity index (χ1v) is 15.5. The Morgan fingerprint density at radius 1 is 0.722 bits per heavy atom. The van der Waals surface area contributed by atoms with Crippen molar-refractivity contribution in [2.75, 3.05) is 47.9 Å². The average molecular weight is 537 g/mol. The number of nitrogens with zero attached hydrogens (tertiary/aromatic N) is 2. The van der Waals surface area contributed by atoms with Gasteiger partial charge in [0.15, 0.2) is 0 Å². The quantitative estimate of drug-likeness (QED) is 0.0933. The fraction of sp³-hybridized carbons (Fsp3) is 0.926. The molecule has 0 spiro atoms. The standard InChI is InChI=1S/C26H52N2O2.CH4O4S/c1-5-6-7-8-9-10-11-12-13-14-15-16-17-18-23-28(24-19-22-27(2,3)4)25(29)20-21-26(28)30;1-5-6(2,3)4/h5-24H2,1-4H3;1H3,(H,2,3,4)/q+2;. The molecule has 1 aliphatic rings. The van der Waals surface area contributed by atoms with Crippen LogP contribution >= 0.6 is 0 Å². The van der Waals surface area contributed by atoms with Crippen LogP contribution in [0.15, 0.2) is 0 Å². The van der Waals surface area contributed by atoms with Gasteiger partial charge in [-0.1, -0.05) is 84.0 Å². The minimum absolute atomic E-state index is 0.151. The average Bonchev–Trinajstić information content (AvgIpc) is 3.07. The number of quaternary nitrogens is 2. The molecule has 0 radical (unpaired) electrons. The van der Waals surface area contributed by atoms with E-state index in [-0.39, 0.29) is 16.3 Å². The van der Waals surface area contributed by atoms with Crippen LogP contribution in [0.5, 0.6) is 0 Å². The molecule has 214 valence electrons. The Morgan fingerprint density at radius 3 is 1.39 bits per heavy atom. The molecule has 0 aromatic rings. The van der Waals surface area contributed by atoms with Crippen LogP contribution in [0.3, 0.4) is 0 Å². The number of hydrogen-bond acceptors (Lipinski definition) is 5. The number of unbranched alkanes of at least 4 members (excludes halogenated alkanes) is 13. The summed E-state index contributed by atoms with van der Waals surface area (Å²) in [5, 5.41) is 0. The summed E-state index contributed by atoms with van der Waals surface area (Å²) in [4.78, 5) is 25.1. The van der Waals surface area contributed by atoms with Gasteiger partial charge in [0.05, 0.1) is 60.7 Å². The van der Waals surface area contributed by atoms with Gasteiger partial charge in [-0.05, 0) is 12.8 Å². The monoisotopic (exact) mass is 536 g/mol. The Labute approximate surface area is 221 Å². The molecule has 0 bridgehead atoms. The summed E-state index contributed by atoms with van der Waals surface area (Å²) in [6.07, 6.45) is 20.5. The predicted octanol–water partition coefficient (Wildman–Crippen LogP) is 5.66. The van der Waals surface area contributed by atoms with E-state index in [2.05, 4.69) is 32.2 Å². The van der Waals surface area contributed by atoms with Crippen LogP contribution in [0, 0.1) is 0 Å². The number of imide groups is 1. The zero-order valence-electron chi connectivity index (χ0n) is 23.9.